The van der Waals surface area contributed by atoms with Gasteiger partial charge in [0.25, 0.3) is 5.91 Å². The third-order valence-electron chi connectivity index (χ3n) is 4.09. The lowest BCUT2D eigenvalue weighted by Gasteiger charge is -2.18. The summed E-state index contributed by atoms with van der Waals surface area (Å²) in [5.41, 5.74) is 1.51. The van der Waals surface area contributed by atoms with Crippen molar-refractivity contribution in [2.45, 2.75) is 33.1 Å². The predicted octanol–water partition coefficient (Wildman–Crippen LogP) is 2.88. The molecule has 2 aliphatic rings. The van der Waals surface area contributed by atoms with Gasteiger partial charge < -0.3 is 19.5 Å². The smallest absolute Gasteiger partial charge is 0.341 e. The largest absolute Gasteiger partial charge is 0.494 e. The molecule has 7 heteroatoms. The topological polar surface area (TPSA) is 73.9 Å². The van der Waals surface area contributed by atoms with Crippen molar-refractivity contribution < 1.29 is 23.8 Å². The second kappa shape index (κ2) is 7.25. The molecule has 0 spiro atoms. The van der Waals surface area contributed by atoms with Crippen molar-refractivity contribution in [3.63, 3.8) is 0 Å². The number of esters is 1. The Kier molecular flexibility index (Phi) is 5.08. The maximum Gasteiger partial charge on any atom is 0.341 e. The van der Waals surface area contributed by atoms with Gasteiger partial charge in [-0.15, -0.1) is 11.3 Å². The van der Waals surface area contributed by atoms with E-state index in [1.165, 1.54) is 17.6 Å². The van der Waals surface area contributed by atoms with Gasteiger partial charge in [0.15, 0.2) is 0 Å². The summed E-state index contributed by atoms with van der Waals surface area (Å²) in [7, 11) is 0. The number of fused-ring (bicyclic) bond motifs is 1. The first-order chi connectivity index (χ1) is 11.6. The second-order valence-electron chi connectivity index (χ2n) is 5.93. The Hall–Kier alpha value is -2.02. The average molecular weight is 351 g/mol. The van der Waals surface area contributed by atoms with Crippen molar-refractivity contribution in [3.8, 4) is 0 Å². The van der Waals surface area contributed by atoms with Crippen LogP contribution in [-0.2, 0) is 31.8 Å². The molecule has 0 radical (unpaired) electrons. The van der Waals surface area contributed by atoms with E-state index >= 15 is 0 Å². The first-order valence-corrected chi connectivity index (χ1v) is 8.99. The summed E-state index contributed by atoms with van der Waals surface area (Å²) in [6.07, 6.45) is 4.09. The Morgan fingerprint density at radius 2 is 2.25 bits per heavy atom. The van der Waals surface area contributed by atoms with E-state index in [4.69, 9.17) is 14.2 Å². The number of hydrogen-bond donors (Lipinski definition) is 1. The van der Waals surface area contributed by atoms with Gasteiger partial charge in [-0.05, 0) is 37.7 Å². The average Bonchev–Trinajstić information content (AvgIpc) is 2.92. The highest BCUT2D eigenvalue weighted by Crippen LogP contribution is 2.40. The van der Waals surface area contributed by atoms with Gasteiger partial charge in [-0.3, -0.25) is 4.79 Å². The molecule has 130 valence electrons. The lowest BCUT2D eigenvalue weighted by Crippen LogP contribution is -2.22. The predicted molar refractivity (Wildman–Crippen MR) is 90.1 cm³/mol. The van der Waals surface area contributed by atoms with Crippen LogP contribution in [0, 0.1) is 5.92 Å². The Bertz CT molecular complexity index is 679. The van der Waals surface area contributed by atoms with Crippen molar-refractivity contribution in [2.24, 2.45) is 5.92 Å². The quantitative estimate of drug-likeness (QED) is 0.845. The summed E-state index contributed by atoms with van der Waals surface area (Å²) < 4.78 is 15.6. The summed E-state index contributed by atoms with van der Waals surface area (Å²) in [6.45, 7) is 5.03. The maximum absolute atomic E-state index is 12.4. The van der Waals surface area contributed by atoms with E-state index < -0.39 is 5.91 Å². The monoisotopic (exact) mass is 351 g/mol. The second-order valence-corrected chi connectivity index (χ2v) is 7.04. The van der Waals surface area contributed by atoms with E-state index in [9.17, 15) is 9.59 Å². The third kappa shape index (κ3) is 3.40. The van der Waals surface area contributed by atoms with Crippen LogP contribution in [0.25, 0.3) is 0 Å². The molecule has 24 heavy (non-hydrogen) atoms. The highest BCUT2D eigenvalue weighted by Gasteiger charge is 2.30. The number of hydrogen-bond acceptors (Lipinski definition) is 6. The lowest BCUT2D eigenvalue weighted by atomic mass is 9.88. The fourth-order valence-corrected chi connectivity index (χ4v) is 4.30. The van der Waals surface area contributed by atoms with Gasteiger partial charge >= 0.3 is 5.97 Å². The number of thiophene rings is 1. The van der Waals surface area contributed by atoms with E-state index in [0.29, 0.717) is 36.3 Å². The highest BCUT2D eigenvalue weighted by molar-refractivity contribution is 7.17. The van der Waals surface area contributed by atoms with Crippen LogP contribution in [-0.4, -0.2) is 31.7 Å². The normalized spacial score (nSPS) is 19.4. The summed E-state index contributed by atoms with van der Waals surface area (Å²) >= 11 is 1.46. The fraction of sp³-hybridized carbons (Fsp3) is 0.529. The molecule has 3 rings (SSSR count). The van der Waals surface area contributed by atoms with Crippen LogP contribution in [0.5, 0.6) is 0 Å². The van der Waals surface area contributed by atoms with Crippen molar-refractivity contribution in [2.75, 3.05) is 25.1 Å². The van der Waals surface area contributed by atoms with Crippen LogP contribution < -0.4 is 5.32 Å². The standard InChI is InChI=1S/C17H21NO5S/c1-3-22-17(20)14-11-5-4-10(2)8-13(11)24-16(14)18-15(19)12-9-21-6-7-23-12/h9-10H,3-8H2,1-2H3,(H,18,19). The first-order valence-electron chi connectivity index (χ1n) is 8.17. The fourth-order valence-electron chi connectivity index (χ4n) is 2.91. The molecular formula is C17H21NO5S. The Balaban J connectivity index is 1.89. The van der Waals surface area contributed by atoms with Gasteiger partial charge in [0.1, 0.15) is 24.5 Å². The Morgan fingerprint density at radius 3 is 2.96 bits per heavy atom. The van der Waals surface area contributed by atoms with Crippen molar-refractivity contribution >= 4 is 28.2 Å². The summed E-state index contributed by atoms with van der Waals surface area (Å²) in [5, 5.41) is 3.33. The molecule has 0 bridgehead atoms. The van der Waals surface area contributed by atoms with Crippen molar-refractivity contribution in [3.05, 3.63) is 28.0 Å². The minimum atomic E-state index is -0.410. The Labute approximate surface area is 144 Å². The molecule has 1 amide bonds. The SMILES string of the molecule is CCOC(=O)c1c(NC(=O)C2=COCCO2)sc2c1CCC(C)C2. The number of nitrogens with one attached hydrogen (secondary N) is 1. The van der Waals surface area contributed by atoms with E-state index in [0.717, 1.165) is 29.7 Å². The number of carbonyl (C=O) groups is 2. The molecule has 1 unspecified atom stereocenters. The van der Waals surface area contributed by atoms with Gasteiger partial charge in [-0.2, -0.15) is 0 Å². The molecule has 0 aromatic carbocycles. The molecule has 6 nitrogen and oxygen atoms in total. The van der Waals surface area contributed by atoms with Gasteiger partial charge in [-0.25, -0.2) is 4.79 Å². The van der Waals surface area contributed by atoms with Gasteiger partial charge in [0, 0.05) is 4.88 Å². The van der Waals surface area contributed by atoms with Crippen LogP contribution in [0.3, 0.4) is 0 Å². The van der Waals surface area contributed by atoms with Crippen LogP contribution in [0.2, 0.25) is 0 Å². The van der Waals surface area contributed by atoms with E-state index in [-0.39, 0.29) is 11.7 Å². The van der Waals surface area contributed by atoms with Crippen LogP contribution in [0.4, 0.5) is 5.00 Å². The van der Waals surface area contributed by atoms with E-state index in [1.807, 2.05) is 0 Å². The van der Waals surface area contributed by atoms with E-state index in [1.54, 1.807) is 6.92 Å². The summed E-state index contributed by atoms with van der Waals surface area (Å²) in [5.74, 6) is -0.0927. The number of amides is 1. The van der Waals surface area contributed by atoms with Crippen LogP contribution in [0.15, 0.2) is 12.0 Å². The zero-order valence-corrected chi connectivity index (χ0v) is 14.7. The summed E-state index contributed by atoms with van der Waals surface area (Å²) in [6, 6.07) is 0. The van der Waals surface area contributed by atoms with Gasteiger partial charge in [-0.1, -0.05) is 6.92 Å². The molecule has 0 fully saturated rings. The maximum atomic E-state index is 12.4. The molecule has 0 saturated heterocycles. The molecule has 1 aromatic rings. The molecule has 1 aliphatic heterocycles. The molecule has 1 N–H and O–H groups in total. The Morgan fingerprint density at radius 1 is 1.42 bits per heavy atom. The van der Waals surface area contributed by atoms with E-state index in [2.05, 4.69) is 12.2 Å². The van der Waals surface area contributed by atoms with Gasteiger partial charge in [0.2, 0.25) is 5.76 Å². The van der Waals surface area contributed by atoms with Crippen molar-refractivity contribution in [1.29, 1.82) is 0 Å². The molecular weight excluding hydrogens is 330 g/mol. The molecule has 2 heterocycles. The number of anilines is 1. The molecule has 0 saturated carbocycles. The van der Waals surface area contributed by atoms with Crippen molar-refractivity contribution in [1.82, 2.24) is 0 Å². The number of rotatable bonds is 4. The first kappa shape index (κ1) is 16.8. The third-order valence-corrected chi connectivity index (χ3v) is 5.26. The van der Waals surface area contributed by atoms with Crippen LogP contribution >= 0.6 is 11.3 Å². The number of ether oxygens (including phenoxy) is 3. The zero-order valence-electron chi connectivity index (χ0n) is 13.8. The van der Waals surface area contributed by atoms with Crippen LogP contribution in [0.1, 0.15) is 41.1 Å². The molecule has 1 aromatic heterocycles. The van der Waals surface area contributed by atoms with Gasteiger partial charge in [0.05, 0.1) is 12.2 Å². The number of carbonyl (C=O) groups excluding carboxylic acids is 2. The zero-order chi connectivity index (χ0) is 17.1. The highest BCUT2D eigenvalue weighted by atomic mass is 32.1. The minimum Gasteiger partial charge on any atom is -0.494 e. The minimum absolute atomic E-state index is 0.121. The summed E-state index contributed by atoms with van der Waals surface area (Å²) in [4.78, 5) is 25.9. The molecule has 1 atom stereocenters. The molecule has 1 aliphatic carbocycles. The lowest BCUT2D eigenvalue weighted by molar-refractivity contribution is -0.117.